The average molecular weight is 286 g/mol. The maximum atomic E-state index is 11.0. The van der Waals surface area contributed by atoms with Crippen molar-refractivity contribution in [3.63, 3.8) is 0 Å². The molecule has 0 saturated carbocycles. The molecule has 106 valence electrons. The number of sulfone groups is 1. The van der Waals surface area contributed by atoms with Gasteiger partial charge in [-0.15, -0.1) is 0 Å². The smallest absolute Gasteiger partial charge is 0.274 e. The average Bonchev–Trinajstić information content (AvgIpc) is 2.33. The van der Waals surface area contributed by atoms with Crippen molar-refractivity contribution in [1.29, 1.82) is 0 Å². The first kappa shape index (κ1) is 15.6. The van der Waals surface area contributed by atoms with Gasteiger partial charge in [-0.05, 0) is 19.9 Å². The molecule has 0 heterocycles. The number of rotatable bonds is 7. The van der Waals surface area contributed by atoms with E-state index in [-0.39, 0.29) is 17.5 Å². The summed E-state index contributed by atoms with van der Waals surface area (Å²) >= 11 is 0. The molecule has 1 rings (SSSR count). The molecule has 0 aromatic heterocycles. The highest BCUT2D eigenvalue weighted by molar-refractivity contribution is 7.90. The van der Waals surface area contributed by atoms with Crippen LogP contribution < -0.4 is 5.32 Å². The minimum absolute atomic E-state index is 0.0746. The molecule has 1 atom stereocenters. The van der Waals surface area contributed by atoms with Crippen molar-refractivity contribution in [2.75, 3.05) is 18.6 Å². The van der Waals surface area contributed by atoms with E-state index in [1.54, 1.807) is 18.2 Å². The minimum Gasteiger partial charge on any atom is -0.310 e. The van der Waals surface area contributed by atoms with Gasteiger partial charge in [0, 0.05) is 23.9 Å². The largest absolute Gasteiger partial charge is 0.310 e. The summed E-state index contributed by atoms with van der Waals surface area (Å²) in [5.41, 5.74) is 0.678. The van der Waals surface area contributed by atoms with Crippen LogP contribution in [-0.4, -0.2) is 31.9 Å². The summed E-state index contributed by atoms with van der Waals surface area (Å²) in [5, 5.41) is 14.0. The summed E-state index contributed by atoms with van der Waals surface area (Å²) in [5.74, 6) is 0.115. The van der Waals surface area contributed by atoms with Gasteiger partial charge in [-0.1, -0.05) is 18.2 Å². The molecule has 0 radical (unpaired) electrons. The molecule has 0 fully saturated rings. The summed E-state index contributed by atoms with van der Waals surface area (Å²) in [6, 6.07) is 6.34. The Morgan fingerprint density at radius 2 is 2.00 bits per heavy atom. The Morgan fingerprint density at radius 1 is 1.37 bits per heavy atom. The molecule has 6 nitrogen and oxygen atoms in total. The fourth-order valence-corrected chi connectivity index (χ4v) is 2.45. The highest BCUT2D eigenvalue weighted by atomic mass is 32.2. The molecule has 19 heavy (non-hydrogen) atoms. The molecule has 1 aromatic rings. The van der Waals surface area contributed by atoms with E-state index in [4.69, 9.17) is 0 Å². The molecule has 0 bridgehead atoms. The molecule has 0 aliphatic heterocycles. The first-order valence-corrected chi connectivity index (χ1v) is 8.02. The second kappa shape index (κ2) is 6.63. The number of para-hydroxylation sites is 1. The normalized spacial score (nSPS) is 13.2. The summed E-state index contributed by atoms with van der Waals surface area (Å²) in [7, 11) is -2.96. The maximum absolute atomic E-state index is 11.0. The van der Waals surface area contributed by atoms with Crippen LogP contribution in [0.15, 0.2) is 24.3 Å². The number of nitro groups is 1. The summed E-state index contributed by atoms with van der Waals surface area (Å²) in [4.78, 5) is 10.5. The van der Waals surface area contributed by atoms with E-state index in [2.05, 4.69) is 5.32 Å². The Balaban J connectivity index is 2.59. The lowest BCUT2D eigenvalue weighted by atomic mass is 10.1. The zero-order valence-corrected chi connectivity index (χ0v) is 11.8. The predicted molar refractivity (Wildman–Crippen MR) is 73.8 cm³/mol. The lowest BCUT2D eigenvalue weighted by molar-refractivity contribution is -0.385. The van der Waals surface area contributed by atoms with Gasteiger partial charge in [0.15, 0.2) is 0 Å². The van der Waals surface area contributed by atoms with E-state index in [0.717, 1.165) is 0 Å². The molecular weight excluding hydrogens is 268 g/mol. The fourth-order valence-electron chi connectivity index (χ4n) is 1.78. The molecule has 0 spiro atoms. The molecule has 1 unspecified atom stereocenters. The fraction of sp³-hybridized carbons (Fsp3) is 0.500. The van der Waals surface area contributed by atoms with Crippen molar-refractivity contribution in [2.24, 2.45) is 0 Å². The van der Waals surface area contributed by atoms with Gasteiger partial charge in [0.1, 0.15) is 9.84 Å². The summed E-state index contributed by atoms with van der Waals surface area (Å²) in [6.45, 7) is 2.32. The molecule has 0 saturated heterocycles. The standard InChI is InChI=1S/C12H18N2O4S/c1-10(13-8-5-9-19(2,17)18)11-6-3-4-7-12(11)14(15)16/h3-4,6-7,10,13H,5,8-9H2,1-2H3. The Kier molecular flexibility index (Phi) is 5.44. The Hall–Kier alpha value is -1.47. The van der Waals surface area contributed by atoms with Crippen LogP contribution in [0.25, 0.3) is 0 Å². The van der Waals surface area contributed by atoms with Crippen LogP contribution in [0.2, 0.25) is 0 Å². The Labute approximate surface area is 112 Å². The molecule has 7 heteroatoms. The molecule has 1 aromatic carbocycles. The second-order valence-corrected chi connectivity index (χ2v) is 6.73. The van der Waals surface area contributed by atoms with E-state index in [1.165, 1.54) is 12.3 Å². The van der Waals surface area contributed by atoms with Gasteiger partial charge < -0.3 is 5.32 Å². The van der Waals surface area contributed by atoms with E-state index in [1.807, 2.05) is 6.92 Å². The molecule has 0 amide bonds. The van der Waals surface area contributed by atoms with Crippen LogP contribution in [0, 0.1) is 10.1 Å². The van der Waals surface area contributed by atoms with Gasteiger partial charge >= 0.3 is 0 Å². The van der Waals surface area contributed by atoms with E-state index >= 15 is 0 Å². The Bertz CT molecular complexity index is 542. The van der Waals surface area contributed by atoms with Crippen molar-refractivity contribution in [1.82, 2.24) is 5.32 Å². The minimum atomic E-state index is -2.96. The van der Waals surface area contributed by atoms with Crippen LogP contribution in [0.4, 0.5) is 5.69 Å². The van der Waals surface area contributed by atoms with E-state index in [0.29, 0.717) is 18.5 Å². The lowest BCUT2D eigenvalue weighted by Gasteiger charge is -2.14. The SMILES string of the molecule is CC(NCCCS(C)(=O)=O)c1ccccc1[N+](=O)[O-]. The molecule has 0 aliphatic rings. The monoisotopic (exact) mass is 286 g/mol. The lowest BCUT2D eigenvalue weighted by Crippen LogP contribution is -2.22. The number of hydrogen-bond donors (Lipinski definition) is 1. The van der Waals surface area contributed by atoms with Crippen LogP contribution >= 0.6 is 0 Å². The van der Waals surface area contributed by atoms with Gasteiger partial charge in [0.25, 0.3) is 5.69 Å². The second-order valence-electron chi connectivity index (χ2n) is 4.48. The van der Waals surface area contributed by atoms with Gasteiger partial charge in [-0.3, -0.25) is 10.1 Å². The number of nitro benzene ring substituents is 1. The quantitative estimate of drug-likeness (QED) is 0.468. The molecular formula is C12H18N2O4S. The van der Waals surface area contributed by atoms with Crippen molar-refractivity contribution in [3.8, 4) is 0 Å². The Morgan fingerprint density at radius 3 is 2.58 bits per heavy atom. The van der Waals surface area contributed by atoms with Gasteiger partial charge in [-0.2, -0.15) is 0 Å². The van der Waals surface area contributed by atoms with Crippen LogP contribution in [-0.2, 0) is 9.84 Å². The van der Waals surface area contributed by atoms with Crippen molar-refractivity contribution < 1.29 is 13.3 Å². The van der Waals surface area contributed by atoms with Crippen LogP contribution in [0.1, 0.15) is 24.9 Å². The first-order valence-electron chi connectivity index (χ1n) is 5.95. The highest BCUT2D eigenvalue weighted by Crippen LogP contribution is 2.24. The number of hydrogen-bond acceptors (Lipinski definition) is 5. The highest BCUT2D eigenvalue weighted by Gasteiger charge is 2.17. The summed E-state index contributed by atoms with van der Waals surface area (Å²) < 4.78 is 21.9. The molecule has 0 aliphatic carbocycles. The number of nitrogens with zero attached hydrogens (tertiary/aromatic N) is 1. The predicted octanol–water partition coefficient (Wildman–Crippen LogP) is 1.68. The topological polar surface area (TPSA) is 89.3 Å². The number of benzene rings is 1. The van der Waals surface area contributed by atoms with Gasteiger partial charge in [0.2, 0.25) is 0 Å². The van der Waals surface area contributed by atoms with E-state index < -0.39 is 14.8 Å². The zero-order chi connectivity index (χ0) is 14.5. The summed E-state index contributed by atoms with van der Waals surface area (Å²) in [6.07, 6.45) is 1.68. The van der Waals surface area contributed by atoms with Crippen molar-refractivity contribution in [3.05, 3.63) is 39.9 Å². The zero-order valence-electron chi connectivity index (χ0n) is 11.0. The van der Waals surface area contributed by atoms with Gasteiger partial charge in [0.05, 0.1) is 10.7 Å². The third kappa shape index (κ3) is 5.35. The molecule has 1 N–H and O–H groups in total. The van der Waals surface area contributed by atoms with Crippen molar-refractivity contribution in [2.45, 2.75) is 19.4 Å². The van der Waals surface area contributed by atoms with Crippen LogP contribution in [0.5, 0.6) is 0 Å². The maximum Gasteiger partial charge on any atom is 0.274 e. The third-order valence-electron chi connectivity index (χ3n) is 2.74. The first-order chi connectivity index (χ1) is 8.81. The van der Waals surface area contributed by atoms with Gasteiger partial charge in [-0.25, -0.2) is 8.42 Å². The third-order valence-corrected chi connectivity index (χ3v) is 3.77. The van der Waals surface area contributed by atoms with E-state index in [9.17, 15) is 18.5 Å². The van der Waals surface area contributed by atoms with Crippen molar-refractivity contribution >= 4 is 15.5 Å². The number of nitrogens with one attached hydrogen (secondary N) is 1. The van der Waals surface area contributed by atoms with Crippen LogP contribution in [0.3, 0.4) is 0 Å².